The average Bonchev–Trinajstić information content (AvgIpc) is 2.86. The minimum absolute atomic E-state index is 0.172. The first-order valence-electron chi connectivity index (χ1n) is 10.3. The molecule has 0 radical (unpaired) electrons. The van der Waals surface area contributed by atoms with Crippen molar-refractivity contribution in [3.8, 4) is 11.3 Å². The van der Waals surface area contributed by atoms with Gasteiger partial charge in [0.25, 0.3) is 0 Å². The second kappa shape index (κ2) is 8.52. The number of hydrogen-bond donors (Lipinski definition) is 0. The summed E-state index contributed by atoms with van der Waals surface area (Å²) in [6.45, 7) is 21.9. The van der Waals surface area contributed by atoms with Crippen LogP contribution >= 0.6 is 0 Å². The number of nitrogens with zero attached hydrogens (tertiary/aromatic N) is 2. The van der Waals surface area contributed by atoms with Gasteiger partial charge in [0.2, 0.25) is 0 Å². The highest BCUT2D eigenvalue weighted by Gasteiger charge is 2.41. The minimum Gasteiger partial charge on any atom is -0.410 e. The lowest BCUT2D eigenvalue weighted by atomic mass is 10.1. The second-order valence-corrected chi connectivity index (χ2v) is 14.4. The Morgan fingerprint density at radius 3 is 2.18 bits per heavy atom. The number of hydrogen-bond acceptors (Lipinski definition) is 3. The summed E-state index contributed by atoms with van der Waals surface area (Å²) in [6.07, 6.45) is 0. The Bertz CT molecular complexity index is 774. The summed E-state index contributed by atoms with van der Waals surface area (Å²) < 4.78 is 14.8. The molecule has 0 unspecified atom stereocenters. The van der Waals surface area contributed by atoms with Gasteiger partial charge < -0.3 is 13.7 Å². The molecule has 0 aliphatic heterocycles. The molecule has 0 saturated carbocycles. The zero-order chi connectivity index (χ0) is 21.2. The molecule has 0 N–H and O–H groups in total. The standard InChI is InChI=1S/C23H38N2O2Si/c1-10-26-16-20-24-18(2)21(19-14-12-11-13-15-19)25(20)17-23(6,7)27-28(8,9)22(3,4)5/h11-15H,10,16-17H2,1-9H3. The number of imidazole rings is 1. The van der Waals surface area contributed by atoms with Crippen LogP contribution in [0.25, 0.3) is 11.3 Å². The van der Waals surface area contributed by atoms with Crippen LogP contribution in [0.2, 0.25) is 18.1 Å². The van der Waals surface area contributed by atoms with Gasteiger partial charge in [-0.25, -0.2) is 4.98 Å². The lowest BCUT2D eigenvalue weighted by Crippen LogP contribution is -2.49. The molecule has 1 aromatic heterocycles. The van der Waals surface area contributed by atoms with Gasteiger partial charge in [-0.05, 0) is 45.8 Å². The van der Waals surface area contributed by atoms with E-state index in [-0.39, 0.29) is 10.6 Å². The second-order valence-electron chi connectivity index (χ2n) is 9.67. The Labute approximate surface area is 172 Å². The predicted molar refractivity (Wildman–Crippen MR) is 120 cm³/mol. The molecule has 0 atom stereocenters. The maximum absolute atomic E-state index is 6.80. The van der Waals surface area contributed by atoms with Crippen LogP contribution in [0, 0.1) is 6.92 Å². The number of aryl methyl sites for hydroxylation is 1. The molecular formula is C23H38N2O2Si. The highest BCUT2D eigenvalue weighted by atomic mass is 28.4. The molecule has 0 fully saturated rings. The summed E-state index contributed by atoms with van der Waals surface area (Å²) in [5.41, 5.74) is 3.06. The van der Waals surface area contributed by atoms with Crippen molar-refractivity contribution in [2.75, 3.05) is 6.61 Å². The summed E-state index contributed by atoms with van der Waals surface area (Å²) >= 11 is 0. The molecule has 2 rings (SSSR count). The zero-order valence-electron chi connectivity index (χ0n) is 19.2. The van der Waals surface area contributed by atoms with Gasteiger partial charge in [0.15, 0.2) is 8.32 Å². The molecule has 2 aromatic rings. The van der Waals surface area contributed by atoms with Crippen LogP contribution < -0.4 is 0 Å². The van der Waals surface area contributed by atoms with Crippen molar-refractivity contribution in [1.82, 2.24) is 9.55 Å². The SMILES string of the molecule is CCOCc1nc(C)c(-c2ccccc2)n1CC(C)(C)O[Si](C)(C)C(C)(C)C. The van der Waals surface area contributed by atoms with Gasteiger partial charge in [-0.1, -0.05) is 51.1 Å². The first-order chi connectivity index (χ1) is 12.9. The van der Waals surface area contributed by atoms with Gasteiger partial charge >= 0.3 is 0 Å². The molecule has 0 aliphatic rings. The van der Waals surface area contributed by atoms with Crippen molar-refractivity contribution in [3.63, 3.8) is 0 Å². The fraction of sp³-hybridized carbons (Fsp3) is 0.609. The normalized spacial score (nSPS) is 13.2. The molecule has 0 saturated heterocycles. The Morgan fingerprint density at radius 2 is 1.64 bits per heavy atom. The van der Waals surface area contributed by atoms with Gasteiger partial charge in [-0.2, -0.15) is 0 Å². The smallest absolute Gasteiger partial charge is 0.192 e. The van der Waals surface area contributed by atoms with Crippen molar-refractivity contribution in [2.45, 2.75) is 85.4 Å². The van der Waals surface area contributed by atoms with Crippen LogP contribution in [0.1, 0.15) is 53.1 Å². The van der Waals surface area contributed by atoms with Crippen LogP contribution in [-0.2, 0) is 22.3 Å². The van der Waals surface area contributed by atoms with Crippen molar-refractivity contribution < 1.29 is 9.16 Å². The Morgan fingerprint density at radius 1 is 1.04 bits per heavy atom. The number of benzene rings is 1. The highest BCUT2D eigenvalue weighted by molar-refractivity contribution is 6.74. The molecule has 0 amide bonds. The summed E-state index contributed by atoms with van der Waals surface area (Å²) in [7, 11) is -1.89. The highest BCUT2D eigenvalue weighted by Crippen LogP contribution is 2.40. The van der Waals surface area contributed by atoms with E-state index >= 15 is 0 Å². The molecule has 156 valence electrons. The van der Waals surface area contributed by atoms with E-state index in [0.29, 0.717) is 13.2 Å². The van der Waals surface area contributed by atoms with Gasteiger partial charge in [-0.15, -0.1) is 0 Å². The Kier molecular flexibility index (Phi) is 6.95. The fourth-order valence-corrected chi connectivity index (χ4v) is 5.07. The van der Waals surface area contributed by atoms with E-state index < -0.39 is 8.32 Å². The zero-order valence-corrected chi connectivity index (χ0v) is 20.2. The Balaban J connectivity index is 2.44. The maximum Gasteiger partial charge on any atom is 0.192 e. The predicted octanol–water partition coefficient (Wildman–Crippen LogP) is 6.20. The monoisotopic (exact) mass is 402 g/mol. The molecule has 0 spiro atoms. The molecule has 1 aromatic carbocycles. The van der Waals surface area contributed by atoms with Crippen LogP contribution in [-0.4, -0.2) is 30.1 Å². The molecule has 1 heterocycles. The van der Waals surface area contributed by atoms with Crippen molar-refractivity contribution >= 4 is 8.32 Å². The molecule has 4 nitrogen and oxygen atoms in total. The van der Waals surface area contributed by atoms with E-state index in [1.165, 1.54) is 5.56 Å². The van der Waals surface area contributed by atoms with E-state index in [4.69, 9.17) is 14.1 Å². The first kappa shape index (κ1) is 22.9. The number of ether oxygens (including phenoxy) is 1. The third-order valence-corrected chi connectivity index (χ3v) is 10.3. The number of rotatable bonds is 8. The largest absolute Gasteiger partial charge is 0.410 e. The molecular weight excluding hydrogens is 364 g/mol. The Hall–Kier alpha value is -1.43. The average molecular weight is 403 g/mol. The van der Waals surface area contributed by atoms with E-state index in [0.717, 1.165) is 23.8 Å². The van der Waals surface area contributed by atoms with Crippen LogP contribution in [0.3, 0.4) is 0 Å². The molecule has 0 aliphatic carbocycles. The van der Waals surface area contributed by atoms with Gasteiger partial charge in [0.05, 0.1) is 23.5 Å². The molecule has 5 heteroatoms. The summed E-state index contributed by atoms with van der Waals surface area (Å²) in [6, 6.07) is 10.5. The van der Waals surface area contributed by atoms with Crippen LogP contribution in [0.5, 0.6) is 0 Å². The van der Waals surface area contributed by atoms with E-state index in [1.54, 1.807) is 0 Å². The fourth-order valence-electron chi connectivity index (χ4n) is 3.32. The molecule has 28 heavy (non-hydrogen) atoms. The summed E-state index contributed by atoms with van der Waals surface area (Å²) in [5.74, 6) is 0.963. The number of aromatic nitrogens is 2. The topological polar surface area (TPSA) is 36.3 Å². The lowest BCUT2D eigenvalue weighted by Gasteiger charge is -2.43. The van der Waals surface area contributed by atoms with Crippen LogP contribution in [0.15, 0.2) is 30.3 Å². The van der Waals surface area contributed by atoms with Gasteiger partial charge in [-0.3, -0.25) is 0 Å². The van der Waals surface area contributed by atoms with Gasteiger partial charge in [0.1, 0.15) is 12.4 Å². The lowest BCUT2D eigenvalue weighted by molar-refractivity contribution is 0.0681. The van der Waals surface area contributed by atoms with Crippen molar-refractivity contribution in [3.05, 3.63) is 41.9 Å². The van der Waals surface area contributed by atoms with Gasteiger partial charge in [0, 0.05) is 12.2 Å². The first-order valence-corrected chi connectivity index (χ1v) is 13.2. The van der Waals surface area contributed by atoms with E-state index in [2.05, 4.69) is 83.5 Å². The summed E-state index contributed by atoms with van der Waals surface area (Å²) in [5, 5.41) is 0.172. The quantitative estimate of drug-likeness (QED) is 0.494. The van der Waals surface area contributed by atoms with Crippen LogP contribution in [0.4, 0.5) is 0 Å². The molecule has 0 bridgehead atoms. The van der Waals surface area contributed by atoms with Crippen molar-refractivity contribution in [2.24, 2.45) is 0 Å². The minimum atomic E-state index is -1.89. The third kappa shape index (κ3) is 5.34. The summed E-state index contributed by atoms with van der Waals surface area (Å²) in [4.78, 5) is 4.85. The maximum atomic E-state index is 6.80. The van der Waals surface area contributed by atoms with E-state index in [1.807, 2.05) is 13.0 Å². The van der Waals surface area contributed by atoms with Crippen molar-refractivity contribution in [1.29, 1.82) is 0 Å². The third-order valence-electron chi connectivity index (χ3n) is 5.58. The van der Waals surface area contributed by atoms with E-state index in [9.17, 15) is 0 Å².